The van der Waals surface area contributed by atoms with E-state index in [1.54, 1.807) is 0 Å². The van der Waals surface area contributed by atoms with E-state index in [2.05, 4.69) is 19.6 Å². The van der Waals surface area contributed by atoms with Gasteiger partial charge >= 0.3 is 0 Å². The summed E-state index contributed by atoms with van der Waals surface area (Å²) in [6.07, 6.45) is 0.750. The van der Waals surface area contributed by atoms with Crippen molar-refractivity contribution in [3.63, 3.8) is 0 Å². The molecule has 0 unspecified atom stereocenters. The van der Waals surface area contributed by atoms with Gasteiger partial charge in [-0.2, -0.15) is 0 Å². The second kappa shape index (κ2) is 9.14. The van der Waals surface area contributed by atoms with Gasteiger partial charge in [-0.25, -0.2) is 10.2 Å². The van der Waals surface area contributed by atoms with Crippen LogP contribution in [0, 0.1) is 5.41 Å². The first kappa shape index (κ1) is 9.78. The zero-order valence-corrected chi connectivity index (χ0v) is 5.91. The highest BCUT2D eigenvalue weighted by Gasteiger charge is 1.72. The Balaban J connectivity index is 0. The summed E-state index contributed by atoms with van der Waals surface area (Å²) in [4.78, 5) is 8.35. The molecule has 0 aliphatic rings. The molecule has 2 nitrogen and oxygen atoms in total. The van der Waals surface area contributed by atoms with Crippen molar-refractivity contribution in [2.75, 3.05) is 0 Å². The van der Waals surface area contributed by atoms with Gasteiger partial charge in [0.05, 0.1) is 0 Å². The molecule has 3 heteroatoms. The van der Waals surface area contributed by atoms with Gasteiger partial charge in [-0.3, -0.25) is 0 Å². The SMILES string of the molecule is C[Si](C)C.N=C=O. The molecule has 0 aromatic rings. The first-order valence-electron chi connectivity index (χ1n) is 1.95. The van der Waals surface area contributed by atoms with Crippen molar-refractivity contribution in [3.8, 4) is 0 Å². The summed E-state index contributed by atoms with van der Waals surface area (Å²) in [5.74, 6) is 0. The van der Waals surface area contributed by atoms with E-state index in [1.807, 2.05) is 0 Å². The Hall–Kier alpha value is -0.403. The third-order valence-corrected chi connectivity index (χ3v) is 0. The molecule has 7 heavy (non-hydrogen) atoms. The Kier molecular flexibility index (Phi) is 12.8. The van der Waals surface area contributed by atoms with Gasteiger partial charge in [-0.15, -0.1) is 0 Å². The zero-order chi connectivity index (χ0) is 6.28. The number of rotatable bonds is 0. The molecule has 0 aliphatic carbocycles. The lowest BCUT2D eigenvalue weighted by Crippen LogP contribution is -1.84. The quantitative estimate of drug-likeness (QED) is 0.289. The van der Waals surface area contributed by atoms with E-state index in [4.69, 9.17) is 10.2 Å². The Morgan fingerprint density at radius 1 is 1.43 bits per heavy atom. The second-order valence-electron chi connectivity index (χ2n) is 1.60. The Labute approximate surface area is 45.7 Å². The standard InChI is InChI=1S/C3H9Si.CHNO/c1-4(2)3;2-1-3/h1-3H3;2H. The number of carbonyl (C=O) groups excluding carboxylic acids is 1. The molecule has 1 radical (unpaired) electrons. The van der Waals surface area contributed by atoms with Crippen molar-refractivity contribution in [1.82, 2.24) is 0 Å². The van der Waals surface area contributed by atoms with Crippen LogP contribution < -0.4 is 0 Å². The van der Waals surface area contributed by atoms with Crippen LogP contribution in [0.1, 0.15) is 0 Å². The summed E-state index contributed by atoms with van der Waals surface area (Å²) in [6.45, 7) is 6.81. The summed E-state index contributed by atoms with van der Waals surface area (Å²) >= 11 is 0. The summed E-state index contributed by atoms with van der Waals surface area (Å²) in [5.41, 5.74) is 0. The van der Waals surface area contributed by atoms with Crippen LogP contribution in [0.5, 0.6) is 0 Å². The van der Waals surface area contributed by atoms with E-state index in [0.717, 1.165) is 6.08 Å². The minimum Gasteiger partial charge on any atom is -0.222 e. The largest absolute Gasteiger partial charge is 0.231 e. The average Bonchev–Trinajstić information content (AvgIpc) is 1.33. The highest BCUT2D eigenvalue weighted by atomic mass is 28.3. The van der Waals surface area contributed by atoms with Crippen LogP contribution in [0.15, 0.2) is 0 Å². The van der Waals surface area contributed by atoms with Gasteiger partial charge in [0.25, 0.3) is 0 Å². The fourth-order valence-electron chi connectivity index (χ4n) is 0. The molecular formula is C4H10NOSi. The number of nitrogens with one attached hydrogen (secondary N) is 1. The Bertz CT molecular complexity index is 54.0. The minimum atomic E-state index is 0.120. The molecule has 41 valence electrons. The van der Waals surface area contributed by atoms with Crippen LogP contribution in [-0.2, 0) is 4.79 Å². The summed E-state index contributed by atoms with van der Waals surface area (Å²) in [7, 11) is 0.120. The molecule has 0 fully saturated rings. The van der Waals surface area contributed by atoms with E-state index in [0.29, 0.717) is 0 Å². The minimum absolute atomic E-state index is 0.120. The Morgan fingerprint density at radius 3 is 1.43 bits per heavy atom. The lowest BCUT2D eigenvalue weighted by atomic mass is 11.7. The van der Waals surface area contributed by atoms with E-state index in [1.165, 1.54) is 0 Å². The molecule has 0 amide bonds. The second-order valence-corrected chi connectivity index (χ2v) is 4.60. The maximum Gasteiger partial charge on any atom is 0.231 e. The predicted octanol–water partition coefficient (Wildman–Crippen LogP) is 1.27. The maximum atomic E-state index is 8.35. The fraction of sp³-hybridized carbons (Fsp3) is 0.750. The van der Waals surface area contributed by atoms with Crippen LogP contribution >= 0.6 is 0 Å². The van der Waals surface area contributed by atoms with Gasteiger partial charge in [-0.1, -0.05) is 19.6 Å². The van der Waals surface area contributed by atoms with Gasteiger partial charge in [0.15, 0.2) is 0 Å². The van der Waals surface area contributed by atoms with Crippen molar-refractivity contribution in [3.05, 3.63) is 0 Å². The molecular weight excluding hydrogens is 106 g/mol. The van der Waals surface area contributed by atoms with Crippen LogP contribution in [0.25, 0.3) is 0 Å². The van der Waals surface area contributed by atoms with E-state index < -0.39 is 0 Å². The Morgan fingerprint density at radius 2 is 1.43 bits per heavy atom. The molecule has 0 heterocycles. The van der Waals surface area contributed by atoms with Crippen LogP contribution in [-0.4, -0.2) is 14.9 Å². The first-order chi connectivity index (χ1) is 3.15. The summed E-state index contributed by atoms with van der Waals surface area (Å²) in [5, 5.41) is 5.40. The van der Waals surface area contributed by atoms with Crippen LogP contribution in [0.4, 0.5) is 0 Å². The van der Waals surface area contributed by atoms with Crippen molar-refractivity contribution in [2.24, 2.45) is 0 Å². The topological polar surface area (TPSA) is 40.9 Å². The molecule has 0 atom stereocenters. The zero-order valence-electron chi connectivity index (χ0n) is 4.91. The number of isocyanates is 1. The first-order valence-corrected chi connectivity index (χ1v) is 4.95. The van der Waals surface area contributed by atoms with Crippen molar-refractivity contribution in [2.45, 2.75) is 19.6 Å². The molecule has 0 saturated carbocycles. The highest BCUT2D eigenvalue weighted by molar-refractivity contribution is 6.54. The average molecular weight is 116 g/mol. The molecule has 0 aliphatic heterocycles. The van der Waals surface area contributed by atoms with Gasteiger partial charge in [0.2, 0.25) is 6.08 Å². The van der Waals surface area contributed by atoms with Crippen LogP contribution in [0.3, 0.4) is 0 Å². The smallest absolute Gasteiger partial charge is 0.222 e. The van der Waals surface area contributed by atoms with Crippen molar-refractivity contribution >= 4 is 14.9 Å². The predicted molar refractivity (Wildman–Crippen MR) is 31.8 cm³/mol. The third kappa shape index (κ3) is 446. The third-order valence-electron chi connectivity index (χ3n) is 0. The molecule has 0 aromatic heterocycles. The lowest BCUT2D eigenvalue weighted by Gasteiger charge is -1.75. The molecule has 0 bridgehead atoms. The summed E-state index contributed by atoms with van der Waals surface area (Å²) in [6, 6.07) is 0. The molecule has 0 rings (SSSR count). The van der Waals surface area contributed by atoms with Gasteiger partial charge in [0, 0.05) is 8.80 Å². The highest BCUT2D eigenvalue weighted by Crippen LogP contribution is 1.68. The monoisotopic (exact) mass is 116 g/mol. The van der Waals surface area contributed by atoms with Gasteiger partial charge < -0.3 is 0 Å². The normalized spacial score (nSPS) is 6.29. The number of hydrogen-bond donors (Lipinski definition) is 1. The van der Waals surface area contributed by atoms with Gasteiger partial charge in [-0.05, 0) is 0 Å². The van der Waals surface area contributed by atoms with Crippen molar-refractivity contribution < 1.29 is 4.79 Å². The molecule has 0 aromatic carbocycles. The van der Waals surface area contributed by atoms with Crippen LogP contribution in [0.2, 0.25) is 19.6 Å². The van der Waals surface area contributed by atoms with E-state index in [-0.39, 0.29) is 8.80 Å². The van der Waals surface area contributed by atoms with E-state index in [9.17, 15) is 0 Å². The molecule has 0 saturated heterocycles. The summed E-state index contributed by atoms with van der Waals surface area (Å²) < 4.78 is 0. The number of hydrogen-bond acceptors (Lipinski definition) is 2. The lowest BCUT2D eigenvalue weighted by molar-refractivity contribution is 0.563. The van der Waals surface area contributed by atoms with Crippen molar-refractivity contribution in [1.29, 1.82) is 5.41 Å². The van der Waals surface area contributed by atoms with Gasteiger partial charge in [0.1, 0.15) is 0 Å². The molecule has 1 N–H and O–H groups in total. The maximum absolute atomic E-state index is 8.35. The van der Waals surface area contributed by atoms with E-state index >= 15 is 0 Å². The molecule has 0 spiro atoms. The fourth-order valence-corrected chi connectivity index (χ4v) is 0.